The highest BCUT2D eigenvalue weighted by molar-refractivity contribution is 6.71. The zero-order valence-electron chi connectivity index (χ0n) is 11.4. The first kappa shape index (κ1) is 15.2. The van der Waals surface area contributed by atoms with Crippen LogP contribution in [0.15, 0.2) is 0 Å². The standard InChI is InChI=1S/C13H30OSi/c1-13(2)11-9-7-6-8-10-12-15(4,5)14-3/h13H,6-12H2,1-5H3. The molecular formula is C13H30OSi. The smallest absolute Gasteiger partial charge is 0.186 e. The van der Waals surface area contributed by atoms with E-state index in [1.54, 1.807) is 0 Å². The average molecular weight is 230 g/mol. The molecule has 2 heteroatoms. The predicted molar refractivity (Wildman–Crippen MR) is 71.8 cm³/mol. The molecule has 92 valence electrons. The van der Waals surface area contributed by atoms with Crippen molar-refractivity contribution in [3.63, 3.8) is 0 Å². The minimum atomic E-state index is -1.26. The van der Waals surface area contributed by atoms with E-state index in [2.05, 4.69) is 26.9 Å². The second-order valence-electron chi connectivity index (χ2n) is 5.66. The van der Waals surface area contributed by atoms with Crippen molar-refractivity contribution in [1.82, 2.24) is 0 Å². The third-order valence-electron chi connectivity index (χ3n) is 3.11. The molecule has 0 saturated heterocycles. The summed E-state index contributed by atoms with van der Waals surface area (Å²) in [5.74, 6) is 0.879. The quantitative estimate of drug-likeness (QED) is 0.407. The average Bonchev–Trinajstić information content (AvgIpc) is 2.16. The molecule has 0 fully saturated rings. The molecule has 15 heavy (non-hydrogen) atoms. The van der Waals surface area contributed by atoms with E-state index in [-0.39, 0.29) is 0 Å². The zero-order chi connectivity index (χ0) is 11.7. The second-order valence-corrected chi connectivity index (χ2v) is 10.1. The van der Waals surface area contributed by atoms with Crippen LogP contribution in [-0.2, 0) is 4.43 Å². The highest BCUT2D eigenvalue weighted by atomic mass is 28.4. The maximum atomic E-state index is 5.54. The lowest BCUT2D eigenvalue weighted by Gasteiger charge is -2.19. The molecular weight excluding hydrogens is 200 g/mol. The first-order valence-electron chi connectivity index (χ1n) is 6.53. The molecule has 0 aliphatic heterocycles. The van der Waals surface area contributed by atoms with E-state index in [9.17, 15) is 0 Å². The molecule has 1 nitrogen and oxygen atoms in total. The maximum absolute atomic E-state index is 5.54. The largest absolute Gasteiger partial charge is 0.420 e. The second kappa shape index (κ2) is 8.34. The molecule has 0 aromatic rings. The zero-order valence-corrected chi connectivity index (χ0v) is 12.4. The van der Waals surface area contributed by atoms with Gasteiger partial charge in [-0.1, -0.05) is 52.4 Å². The van der Waals surface area contributed by atoms with Gasteiger partial charge in [0.15, 0.2) is 8.32 Å². The van der Waals surface area contributed by atoms with Crippen molar-refractivity contribution in [2.75, 3.05) is 7.11 Å². The van der Waals surface area contributed by atoms with E-state index in [0.29, 0.717) is 0 Å². The molecule has 0 N–H and O–H groups in total. The van der Waals surface area contributed by atoms with Gasteiger partial charge in [0, 0.05) is 7.11 Å². The van der Waals surface area contributed by atoms with E-state index in [1.807, 2.05) is 7.11 Å². The molecule has 0 rings (SSSR count). The van der Waals surface area contributed by atoms with Crippen LogP contribution in [0, 0.1) is 5.92 Å². The van der Waals surface area contributed by atoms with E-state index in [0.717, 1.165) is 5.92 Å². The predicted octanol–water partition coefficient (Wildman–Crippen LogP) is 4.83. The lowest BCUT2D eigenvalue weighted by molar-refractivity contribution is 0.400. The van der Waals surface area contributed by atoms with Gasteiger partial charge in [-0.15, -0.1) is 0 Å². The number of unbranched alkanes of at least 4 members (excludes halogenated alkanes) is 4. The monoisotopic (exact) mass is 230 g/mol. The third kappa shape index (κ3) is 10.5. The van der Waals surface area contributed by atoms with Gasteiger partial charge in [-0.05, 0) is 25.1 Å². The normalized spacial score (nSPS) is 12.4. The summed E-state index contributed by atoms with van der Waals surface area (Å²) in [5, 5.41) is 0. The molecule has 0 aliphatic rings. The van der Waals surface area contributed by atoms with E-state index >= 15 is 0 Å². The van der Waals surface area contributed by atoms with Gasteiger partial charge in [0.2, 0.25) is 0 Å². The van der Waals surface area contributed by atoms with Gasteiger partial charge in [0.1, 0.15) is 0 Å². The number of rotatable bonds is 9. The molecule has 0 aliphatic carbocycles. The molecule has 0 unspecified atom stereocenters. The summed E-state index contributed by atoms with van der Waals surface area (Å²) in [6.07, 6.45) is 8.43. The minimum absolute atomic E-state index is 0.879. The van der Waals surface area contributed by atoms with Gasteiger partial charge in [-0.2, -0.15) is 0 Å². The third-order valence-corrected chi connectivity index (χ3v) is 5.78. The Bertz CT molecular complexity index is 143. The van der Waals surface area contributed by atoms with Crippen LogP contribution in [0.5, 0.6) is 0 Å². The molecule has 0 heterocycles. The van der Waals surface area contributed by atoms with E-state index in [1.165, 1.54) is 44.6 Å². The Kier molecular flexibility index (Phi) is 8.44. The first-order chi connectivity index (χ1) is 6.98. The van der Waals surface area contributed by atoms with Gasteiger partial charge < -0.3 is 4.43 Å². The SMILES string of the molecule is CO[Si](C)(C)CCCCCCCC(C)C. The molecule has 0 atom stereocenters. The van der Waals surface area contributed by atoms with Gasteiger partial charge in [-0.3, -0.25) is 0 Å². The van der Waals surface area contributed by atoms with Crippen LogP contribution >= 0.6 is 0 Å². The maximum Gasteiger partial charge on any atom is 0.186 e. The van der Waals surface area contributed by atoms with Crippen molar-refractivity contribution in [1.29, 1.82) is 0 Å². The Hall–Kier alpha value is 0.177. The molecule has 0 saturated carbocycles. The Morgan fingerprint density at radius 1 is 0.933 bits per heavy atom. The van der Waals surface area contributed by atoms with Crippen LogP contribution in [0.1, 0.15) is 52.4 Å². The van der Waals surface area contributed by atoms with Crippen molar-refractivity contribution >= 4 is 8.32 Å². The lowest BCUT2D eigenvalue weighted by atomic mass is 10.0. The van der Waals surface area contributed by atoms with Crippen molar-refractivity contribution in [2.45, 2.75) is 71.5 Å². The molecule has 0 amide bonds. The first-order valence-corrected chi connectivity index (χ1v) is 9.64. The topological polar surface area (TPSA) is 9.23 Å². The molecule has 0 spiro atoms. The van der Waals surface area contributed by atoms with Crippen molar-refractivity contribution < 1.29 is 4.43 Å². The van der Waals surface area contributed by atoms with Crippen molar-refractivity contribution in [2.24, 2.45) is 5.92 Å². The summed E-state index contributed by atoms with van der Waals surface area (Å²) >= 11 is 0. The van der Waals surface area contributed by atoms with Gasteiger partial charge in [-0.25, -0.2) is 0 Å². The highest BCUT2D eigenvalue weighted by Crippen LogP contribution is 2.17. The molecule has 0 aromatic heterocycles. The summed E-state index contributed by atoms with van der Waals surface area (Å²) < 4.78 is 5.54. The van der Waals surface area contributed by atoms with Crippen LogP contribution in [-0.4, -0.2) is 15.4 Å². The Labute approximate surface area is 97.7 Å². The number of hydrogen-bond donors (Lipinski definition) is 0. The molecule has 0 aromatic carbocycles. The van der Waals surface area contributed by atoms with Crippen LogP contribution < -0.4 is 0 Å². The molecule has 0 radical (unpaired) electrons. The lowest BCUT2D eigenvalue weighted by Crippen LogP contribution is -2.27. The fourth-order valence-electron chi connectivity index (χ4n) is 1.74. The Morgan fingerprint density at radius 2 is 1.47 bits per heavy atom. The molecule has 0 bridgehead atoms. The van der Waals surface area contributed by atoms with Crippen LogP contribution in [0.4, 0.5) is 0 Å². The fourth-order valence-corrected chi connectivity index (χ4v) is 3.04. The van der Waals surface area contributed by atoms with Gasteiger partial charge in [0.05, 0.1) is 0 Å². The highest BCUT2D eigenvalue weighted by Gasteiger charge is 2.18. The summed E-state index contributed by atoms with van der Waals surface area (Å²) in [6.45, 7) is 9.25. The summed E-state index contributed by atoms with van der Waals surface area (Å²) in [4.78, 5) is 0. The summed E-state index contributed by atoms with van der Waals surface area (Å²) in [6, 6.07) is 1.33. The van der Waals surface area contributed by atoms with Crippen molar-refractivity contribution in [3.05, 3.63) is 0 Å². The Morgan fingerprint density at radius 3 is 2.00 bits per heavy atom. The van der Waals surface area contributed by atoms with E-state index < -0.39 is 8.32 Å². The van der Waals surface area contributed by atoms with Gasteiger partial charge in [0.25, 0.3) is 0 Å². The van der Waals surface area contributed by atoms with Crippen LogP contribution in [0.25, 0.3) is 0 Å². The summed E-state index contributed by atoms with van der Waals surface area (Å²) in [7, 11) is 0.606. The minimum Gasteiger partial charge on any atom is -0.420 e. The summed E-state index contributed by atoms with van der Waals surface area (Å²) in [5.41, 5.74) is 0. The van der Waals surface area contributed by atoms with Crippen LogP contribution in [0.2, 0.25) is 19.1 Å². The van der Waals surface area contributed by atoms with Crippen molar-refractivity contribution in [3.8, 4) is 0 Å². The van der Waals surface area contributed by atoms with Gasteiger partial charge >= 0.3 is 0 Å². The van der Waals surface area contributed by atoms with Crippen LogP contribution in [0.3, 0.4) is 0 Å². The fraction of sp³-hybridized carbons (Fsp3) is 1.00. The Balaban J connectivity index is 3.18. The van der Waals surface area contributed by atoms with E-state index in [4.69, 9.17) is 4.43 Å². The number of hydrogen-bond acceptors (Lipinski definition) is 1.